The predicted octanol–water partition coefficient (Wildman–Crippen LogP) is 5.10. The van der Waals surface area contributed by atoms with Crippen molar-refractivity contribution in [3.05, 3.63) is 78.0 Å². The summed E-state index contributed by atoms with van der Waals surface area (Å²) >= 11 is 0. The highest BCUT2D eigenvalue weighted by Gasteiger charge is 2.39. The molecule has 2 aliphatic heterocycles. The largest absolute Gasteiger partial charge is 0.351 e. The van der Waals surface area contributed by atoms with Gasteiger partial charge in [0.05, 0.1) is 11.6 Å². The average Bonchev–Trinajstić information content (AvgIpc) is 3.48. The van der Waals surface area contributed by atoms with E-state index in [1.54, 1.807) is 24.4 Å². The molecule has 2 atom stereocenters. The summed E-state index contributed by atoms with van der Waals surface area (Å²) in [5.74, 6) is 0.528. The molecule has 2 aromatic heterocycles. The van der Waals surface area contributed by atoms with Crippen molar-refractivity contribution in [1.29, 1.82) is 0 Å². The van der Waals surface area contributed by atoms with Crippen LogP contribution in [0.4, 0.5) is 11.6 Å². The van der Waals surface area contributed by atoms with Crippen LogP contribution in [-0.2, 0) is 9.84 Å². The summed E-state index contributed by atoms with van der Waals surface area (Å²) in [5.41, 5.74) is 1.37. The molecule has 0 N–H and O–H groups in total. The molecule has 8 heteroatoms. The van der Waals surface area contributed by atoms with Crippen molar-refractivity contribution < 1.29 is 13.2 Å². The molecule has 2 fully saturated rings. The number of carbonyl (C=O) groups is 1. The normalized spacial score (nSPS) is 21.4. The van der Waals surface area contributed by atoms with E-state index in [0.717, 1.165) is 32.4 Å². The summed E-state index contributed by atoms with van der Waals surface area (Å²) < 4.78 is 26.8. The molecule has 2 saturated heterocycles. The van der Waals surface area contributed by atoms with E-state index in [-0.39, 0.29) is 16.6 Å². The molecule has 2 unspecified atom stereocenters. The van der Waals surface area contributed by atoms with Gasteiger partial charge in [0.25, 0.3) is 0 Å². The molecule has 2 aliphatic rings. The Morgan fingerprint density at radius 2 is 1.84 bits per heavy atom. The first-order chi connectivity index (χ1) is 17.7. The van der Waals surface area contributed by atoms with Crippen molar-refractivity contribution >= 4 is 27.3 Å². The van der Waals surface area contributed by atoms with E-state index in [0.29, 0.717) is 23.1 Å². The van der Waals surface area contributed by atoms with Gasteiger partial charge >= 0.3 is 0 Å². The summed E-state index contributed by atoms with van der Waals surface area (Å²) in [7, 11) is -3.96. The van der Waals surface area contributed by atoms with Gasteiger partial charge in [-0.3, -0.25) is 4.79 Å². The van der Waals surface area contributed by atoms with Gasteiger partial charge in [-0.1, -0.05) is 43.3 Å². The van der Waals surface area contributed by atoms with Gasteiger partial charge in [0.15, 0.2) is 10.8 Å². The quantitative estimate of drug-likeness (QED) is 0.403. The number of carbonyl (C=O) groups excluding carboxylic acids is 1. The number of benzene rings is 1. The first kappa shape index (κ1) is 25.4. The Kier molecular flexibility index (Phi) is 6.79. The van der Waals surface area contributed by atoms with E-state index in [2.05, 4.69) is 52.7 Å². The highest BCUT2D eigenvalue weighted by molar-refractivity contribution is 7.92. The van der Waals surface area contributed by atoms with Gasteiger partial charge in [0.2, 0.25) is 9.84 Å². The standard InChI is InChI=1S/C29H34N4O3S/c1-21-18-29(2,3)33(19-21)28-23(12-8-16-30-28)25(34)20-37(35,36)27-15-7-14-26(31-27)32-17-9-13-24(32)22-10-5-4-6-11-22/h4-8,10-12,14-16,21,24H,9,13,17-20H2,1-3H3. The average molecular weight is 519 g/mol. The number of pyridine rings is 2. The zero-order chi connectivity index (χ0) is 26.2. The molecule has 1 aromatic carbocycles. The van der Waals surface area contributed by atoms with E-state index < -0.39 is 21.4 Å². The fraction of sp³-hybridized carbons (Fsp3) is 0.414. The smallest absolute Gasteiger partial charge is 0.203 e. The number of hydrogen-bond acceptors (Lipinski definition) is 7. The minimum absolute atomic E-state index is 0.0716. The molecular weight excluding hydrogens is 484 g/mol. The van der Waals surface area contributed by atoms with Gasteiger partial charge in [-0.15, -0.1) is 0 Å². The number of Topliss-reactive ketones (excluding diaryl/α,β-unsaturated/α-hetero) is 1. The first-order valence-electron chi connectivity index (χ1n) is 12.9. The van der Waals surface area contributed by atoms with Crippen LogP contribution >= 0.6 is 0 Å². The number of anilines is 2. The van der Waals surface area contributed by atoms with Crippen LogP contribution in [-0.4, -0.2) is 48.6 Å². The summed E-state index contributed by atoms with van der Waals surface area (Å²) in [6.45, 7) is 8.02. The van der Waals surface area contributed by atoms with Crippen molar-refractivity contribution in [2.45, 2.75) is 56.6 Å². The van der Waals surface area contributed by atoms with Crippen LogP contribution in [0.1, 0.15) is 62.0 Å². The SMILES string of the molecule is CC1CN(c2ncccc2C(=O)CS(=O)(=O)c2cccc(N3CCCC3c3ccccc3)n2)C(C)(C)C1. The van der Waals surface area contributed by atoms with Gasteiger partial charge < -0.3 is 9.80 Å². The van der Waals surface area contributed by atoms with Crippen molar-refractivity contribution in [2.24, 2.45) is 5.92 Å². The van der Waals surface area contributed by atoms with E-state index in [4.69, 9.17) is 0 Å². The number of rotatable bonds is 7. The second-order valence-electron chi connectivity index (χ2n) is 10.9. The molecular formula is C29H34N4O3S. The Bertz CT molecular complexity index is 1390. The number of ketones is 1. The lowest BCUT2D eigenvalue weighted by atomic mass is 9.97. The fourth-order valence-electron chi connectivity index (χ4n) is 5.91. The molecule has 0 bridgehead atoms. The molecule has 7 nitrogen and oxygen atoms in total. The van der Waals surface area contributed by atoms with E-state index in [9.17, 15) is 13.2 Å². The molecule has 0 saturated carbocycles. The van der Waals surface area contributed by atoms with Crippen LogP contribution in [0.15, 0.2) is 71.9 Å². The topological polar surface area (TPSA) is 83.5 Å². The Labute approximate surface area is 219 Å². The number of hydrogen-bond donors (Lipinski definition) is 0. The highest BCUT2D eigenvalue weighted by Crippen LogP contribution is 2.38. The van der Waals surface area contributed by atoms with Crippen LogP contribution < -0.4 is 9.80 Å². The Balaban J connectivity index is 1.40. The third-order valence-electron chi connectivity index (χ3n) is 7.50. The summed E-state index contributed by atoms with van der Waals surface area (Å²) in [5, 5.41) is -0.0716. The van der Waals surface area contributed by atoms with Gasteiger partial charge in [0, 0.05) is 24.8 Å². The maximum Gasteiger partial charge on any atom is 0.203 e. The maximum absolute atomic E-state index is 13.4. The minimum Gasteiger partial charge on any atom is -0.351 e. The molecule has 0 spiro atoms. The highest BCUT2D eigenvalue weighted by atomic mass is 32.2. The van der Waals surface area contributed by atoms with Crippen LogP contribution in [0.5, 0.6) is 0 Å². The zero-order valence-electron chi connectivity index (χ0n) is 21.7. The van der Waals surface area contributed by atoms with Crippen molar-refractivity contribution in [3.8, 4) is 0 Å². The maximum atomic E-state index is 13.4. The lowest BCUT2D eigenvalue weighted by Gasteiger charge is -2.33. The van der Waals surface area contributed by atoms with Crippen LogP contribution in [0.3, 0.4) is 0 Å². The summed E-state index contributed by atoms with van der Waals surface area (Å²) in [4.78, 5) is 26.7. The minimum atomic E-state index is -3.96. The predicted molar refractivity (Wildman–Crippen MR) is 146 cm³/mol. The second-order valence-corrected chi connectivity index (χ2v) is 12.8. The van der Waals surface area contributed by atoms with Gasteiger partial charge in [-0.25, -0.2) is 18.4 Å². The molecule has 0 aliphatic carbocycles. The fourth-order valence-corrected chi connectivity index (χ4v) is 7.08. The molecule has 194 valence electrons. The van der Waals surface area contributed by atoms with E-state index in [1.807, 2.05) is 24.3 Å². The van der Waals surface area contributed by atoms with Gasteiger partial charge in [0.1, 0.15) is 17.4 Å². The molecule has 5 rings (SSSR count). The van der Waals surface area contributed by atoms with Crippen molar-refractivity contribution in [3.63, 3.8) is 0 Å². The summed E-state index contributed by atoms with van der Waals surface area (Å²) in [6.07, 6.45) is 4.62. The molecule has 0 amide bonds. The van der Waals surface area contributed by atoms with Crippen molar-refractivity contribution in [2.75, 3.05) is 28.6 Å². The third-order valence-corrected chi connectivity index (χ3v) is 9.00. The zero-order valence-corrected chi connectivity index (χ0v) is 22.5. The van der Waals surface area contributed by atoms with Gasteiger partial charge in [-0.2, -0.15) is 0 Å². The molecule has 37 heavy (non-hydrogen) atoms. The van der Waals surface area contributed by atoms with Crippen LogP contribution in [0, 0.1) is 5.92 Å². The first-order valence-corrected chi connectivity index (χ1v) is 14.6. The second kappa shape index (κ2) is 9.89. The Morgan fingerprint density at radius 3 is 2.57 bits per heavy atom. The number of aromatic nitrogens is 2. The number of sulfone groups is 1. The number of nitrogens with zero attached hydrogens (tertiary/aromatic N) is 4. The molecule has 4 heterocycles. The monoisotopic (exact) mass is 518 g/mol. The summed E-state index contributed by atoms with van der Waals surface area (Å²) in [6, 6.07) is 18.8. The molecule has 0 radical (unpaired) electrons. The van der Waals surface area contributed by atoms with Crippen LogP contribution in [0.2, 0.25) is 0 Å². The third kappa shape index (κ3) is 5.12. The Hall–Kier alpha value is -3.26. The lowest BCUT2D eigenvalue weighted by molar-refractivity contribution is 0.102. The Morgan fingerprint density at radius 1 is 1.05 bits per heavy atom. The lowest BCUT2D eigenvalue weighted by Crippen LogP contribution is -2.39. The van der Waals surface area contributed by atoms with Crippen molar-refractivity contribution in [1.82, 2.24) is 9.97 Å². The van der Waals surface area contributed by atoms with E-state index >= 15 is 0 Å². The molecule has 3 aromatic rings. The van der Waals surface area contributed by atoms with E-state index in [1.165, 1.54) is 11.6 Å². The van der Waals surface area contributed by atoms with Gasteiger partial charge in [-0.05, 0) is 68.9 Å². The van der Waals surface area contributed by atoms with Crippen LogP contribution in [0.25, 0.3) is 0 Å².